The summed E-state index contributed by atoms with van der Waals surface area (Å²) in [4.78, 5) is 12.0. The number of nitrogens with two attached hydrogens (primary N) is 1. The van der Waals surface area contributed by atoms with Crippen molar-refractivity contribution >= 4 is 27.5 Å². The number of benzene rings is 1. The van der Waals surface area contributed by atoms with E-state index in [4.69, 9.17) is 10.5 Å². The smallest absolute Gasteiger partial charge is 0.252 e. The summed E-state index contributed by atoms with van der Waals surface area (Å²) in [5.74, 6) is -0.128. The fourth-order valence-electron chi connectivity index (χ4n) is 2.43. The molecule has 1 aliphatic rings. The third kappa shape index (κ3) is 4.49. The van der Waals surface area contributed by atoms with Gasteiger partial charge in [-0.15, -0.1) is 0 Å². The number of carbonyl (C=O) groups excluding carboxylic acids is 1. The van der Waals surface area contributed by atoms with Crippen molar-refractivity contribution in [1.29, 1.82) is 0 Å². The molecule has 0 atom stereocenters. The molecule has 0 aromatic heterocycles. The lowest BCUT2D eigenvalue weighted by Gasteiger charge is -2.22. The highest BCUT2D eigenvalue weighted by atomic mass is 79.9. The predicted octanol–water partition coefficient (Wildman–Crippen LogP) is 3.11. The molecule has 0 heterocycles. The Morgan fingerprint density at radius 2 is 2.10 bits per heavy atom. The Kier molecular flexibility index (Phi) is 5.86. The van der Waals surface area contributed by atoms with Gasteiger partial charge in [0.05, 0.1) is 18.3 Å². The van der Waals surface area contributed by atoms with Gasteiger partial charge < -0.3 is 15.8 Å². The number of hydrogen-bond donors (Lipinski definition) is 2. The molecule has 2 rings (SSSR count). The van der Waals surface area contributed by atoms with Gasteiger partial charge in [-0.2, -0.15) is 0 Å². The average Bonchev–Trinajstić information content (AvgIpc) is 2.47. The van der Waals surface area contributed by atoms with Gasteiger partial charge in [0.25, 0.3) is 5.91 Å². The van der Waals surface area contributed by atoms with Crippen molar-refractivity contribution in [2.45, 2.75) is 38.2 Å². The number of rotatable bonds is 5. The third-order valence-electron chi connectivity index (χ3n) is 3.53. The van der Waals surface area contributed by atoms with Crippen LogP contribution in [0.1, 0.15) is 42.5 Å². The molecule has 5 heteroatoms. The van der Waals surface area contributed by atoms with Gasteiger partial charge in [-0.25, -0.2) is 0 Å². The number of carbonyl (C=O) groups is 1. The summed E-state index contributed by atoms with van der Waals surface area (Å²) >= 11 is 3.35. The molecule has 0 spiro atoms. The van der Waals surface area contributed by atoms with Crippen LogP contribution in [0.4, 0.5) is 5.69 Å². The molecule has 0 radical (unpaired) electrons. The number of ether oxygens (including phenoxy) is 1. The summed E-state index contributed by atoms with van der Waals surface area (Å²) in [6, 6.07) is 5.21. The predicted molar refractivity (Wildman–Crippen MR) is 83.7 cm³/mol. The molecule has 0 bridgehead atoms. The Hall–Kier alpha value is -1.07. The Bertz CT molecular complexity index is 459. The quantitative estimate of drug-likeness (QED) is 0.639. The number of hydrogen-bond acceptors (Lipinski definition) is 3. The van der Waals surface area contributed by atoms with Crippen LogP contribution in [0.25, 0.3) is 0 Å². The van der Waals surface area contributed by atoms with Gasteiger partial charge in [-0.05, 0) is 47.0 Å². The summed E-state index contributed by atoms with van der Waals surface area (Å²) in [6.07, 6.45) is 6.50. The Morgan fingerprint density at radius 1 is 1.35 bits per heavy atom. The molecule has 1 aromatic carbocycles. The maximum Gasteiger partial charge on any atom is 0.252 e. The highest BCUT2D eigenvalue weighted by Crippen LogP contribution is 2.20. The van der Waals surface area contributed by atoms with Crippen LogP contribution in [-0.4, -0.2) is 25.2 Å². The van der Waals surface area contributed by atoms with Gasteiger partial charge in [0.2, 0.25) is 0 Å². The van der Waals surface area contributed by atoms with Crippen LogP contribution < -0.4 is 11.1 Å². The zero-order chi connectivity index (χ0) is 14.4. The van der Waals surface area contributed by atoms with Crippen molar-refractivity contribution in [2.24, 2.45) is 0 Å². The van der Waals surface area contributed by atoms with E-state index in [0.717, 1.165) is 17.3 Å². The van der Waals surface area contributed by atoms with Crippen molar-refractivity contribution in [3.63, 3.8) is 0 Å². The zero-order valence-electron chi connectivity index (χ0n) is 11.5. The van der Waals surface area contributed by atoms with Crippen LogP contribution >= 0.6 is 15.9 Å². The van der Waals surface area contributed by atoms with E-state index >= 15 is 0 Å². The first-order valence-corrected chi connectivity index (χ1v) is 7.91. The molecule has 20 heavy (non-hydrogen) atoms. The van der Waals surface area contributed by atoms with Crippen molar-refractivity contribution in [1.82, 2.24) is 5.32 Å². The normalized spacial score (nSPS) is 16.1. The molecule has 1 aliphatic carbocycles. The monoisotopic (exact) mass is 340 g/mol. The van der Waals surface area contributed by atoms with E-state index in [9.17, 15) is 4.79 Å². The second-order valence-corrected chi connectivity index (χ2v) is 5.98. The largest absolute Gasteiger partial charge is 0.399 e. The lowest BCUT2D eigenvalue weighted by atomic mass is 9.98. The van der Waals surface area contributed by atoms with Crippen molar-refractivity contribution in [3.8, 4) is 0 Å². The van der Waals surface area contributed by atoms with Crippen molar-refractivity contribution < 1.29 is 9.53 Å². The van der Waals surface area contributed by atoms with Crippen LogP contribution in [0.5, 0.6) is 0 Å². The van der Waals surface area contributed by atoms with Gasteiger partial charge in [0.15, 0.2) is 0 Å². The highest BCUT2D eigenvalue weighted by molar-refractivity contribution is 9.10. The topological polar surface area (TPSA) is 64.4 Å². The zero-order valence-corrected chi connectivity index (χ0v) is 13.1. The summed E-state index contributed by atoms with van der Waals surface area (Å²) in [5, 5.41) is 2.86. The SMILES string of the molecule is Nc1ccc(Br)c(C(=O)NCCOC2CCCCC2)c1. The Morgan fingerprint density at radius 3 is 2.85 bits per heavy atom. The van der Waals surface area contributed by atoms with Crippen molar-refractivity contribution in [2.75, 3.05) is 18.9 Å². The summed E-state index contributed by atoms with van der Waals surface area (Å²) < 4.78 is 6.52. The fraction of sp³-hybridized carbons (Fsp3) is 0.533. The number of halogens is 1. The van der Waals surface area contributed by atoms with E-state index in [0.29, 0.717) is 30.5 Å². The maximum atomic E-state index is 12.0. The first-order valence-electron chi connectivity index (χ1n) is 7.11. The van der Waals surface area contributed by atoms with E-state index in [1.807, 2.05) is 0 Å². The average molecular weight is 341 g/mol. The Labute approximate surface area is 128 Å². The molecule has 0 aliphatic heterocycles. The molecule has 0 saturated heterocycles. The minimum Gasteiger partial charge on any atom is -0.399 e. The molecular formula is C15H21BrN2O2. The lowest BCUT2D eigenvalue weighted by Crippen LogP contribution is -2.29. The standard InChI is InChI=1S/C15H21BrN2O2/c16-14-7-6-11(17)10-13(14)15(19)18-8-9-20-12-4-2-1-3-5-12/h6-7,10,12H,1-5,8-9,17H2,(H,18,19). The third-order valence-corrected chi connectivity index (χ3v) is 4.22. The van der Waals surface area contributed by atoms with Crippen LogP contribution in [0, 0.1) is 0 Å². The number of nitrogen functional groups attached to an aromatic ring is 1. The Balaban J connectivity index is 1.73. The van der Waals surface area contributed by atoms with Crippen LogP contribution in [0.15, 0.2) is 22.7 Å². The fourth-order valence-corrected chi connectivity index (χ4v) is 2.86. The first kappa shape index (κ1) is 15.3. The molecule has 1 fully saturated rings. The number of anilines is 1. The molecule has 0 unspecified atom stereocenters. The van der Waals surface area contributed by atoms with E-state index in [1.54, 1.807) is 18.2 Å². The lowest BCUT2D eigenvalue weighted by molar-refractivity contribution is 0.0299. The molecule has 3 N–H and O–H groups in total. The first-order chi connectivity index (χ1) is 9.66. The molecule has 1 amide bonds. The summed E-state index contributed by atoms with van der Waals surface area (Å²) in [7, 11) is 0. The van der Waals surface area contributed by atoms with Gasteiger partial charge in [0.1, 0.15) is 0 Å². The number of amides is 1. The maximum absolute atomic E-state index is 12.0. The number of nitrogens with one attached hydrogen (secondary N) is 1. The second kappa shape index (κ2) is 7.64. The summed E-state index contributed by atoms with van der Waals surface area (Å²) in [5.41, 5.74) is 6.83. The van der Waals surface area contributed by atoms with E-state index in [2.05, 4.69) is 21.2 Å². The second-order valence-electron chi connectivity index (χ2n) is 5.13. The molecular weight excluding hydrogens is 320 g/mol. The van der Waals surface area contributed by atoms with Gasteiger partial charge in [-0.3, -0.25) is 4.79 Å². The van der Waals surface area contributed by atoms with E-state index < -0.39 is 0 Å². The molecule has 1 aromatic rings. The van der Waals surface area contributed by atoms with Gasteiger partial charge in [-0.1, -0.05) is 19.3 Å². The van der Waals surface area contributed by atoms with Crippen LogP contribution in [0.3, 0.4) is 0 Å². The molecule has 110 valence electrons. The van der Waals surface area contributed by atoms with E-state index in [1.165, 1.54) is 19.3 Å². The molecule has 4 nitrogen and oxygen atoms in total. The van der Waals surface area contributed by atoms with Crippen LogP contribution in [0.2, 0.25) is 0 Å². The summed E-state index contributed by atoms with van der Waals surface area (Å²) in [6.45, 7) is 1.09. The minimum absolute atomic E-state index is 0.128. The highest BCUT2D eigenvalue weighted by Gasteiger charge is 2.14. The molecule has 1 saturated carbocycles. The van der Waals surface area contributed by atoms with Gasteiger partial charge in [0, 0.05) is 16.7 Å². The van der Waals surface area contributed by atoms with Crippen molar-refractivity contribution in [3.05, 3.63) is 28.2 Å². The minimum atomic E-state index is -0.128. The van der Waals surface area contributed by atoms with E-state index in [-0.39, 0.29) is 5.91 Å². The van der Waals surface area contributed by atoms with Gasteiger partial charge >= 0.3 is 0 Å². The van der Waals surface area contributed by atoms with Crippen LogP contribution in [-0.2, 0) is 4.74 Å².